The molecule has 11 heteroatoms. The maximum absolute atomic E-state index is 13.4. The van der Waals surface area contributed by atoms with Crippen molar-refractivity contribution in [3.8, 4) is 0 Å². The number of piperidine rings is 1. The number of carboxylic acids is 1. The highest BCUT2D eigenvalue weighted by molar-refractivity contribution is 5.70. The minimum atomic E-state index is -4.96. The molecule has 2 aromatic rings. The summed E-state index contributed by atoms with van der Waals surface area (Å²) in [6.45, 7) is 3.63. The van der Waals surface area contributed by atoms with Crippen LogP contribution in [-0.4, -0.2) is 48.5 Å². The van der Waals surface area contributed by atoms with Crippen molar-refractivity contribution in [3.05, 3.63) is 70.8 Å². The van der Waals surface area contributed by atoms with E-state index in [-0.39, 0.29) is 29.4 Å². The molecule has 2 aromatic carbocycles. The van der Waals surface area contributed by atoms with Gasteiger partial charge in [-0.05, 0) is 74.5 Å². The number of benzene rings is 2. The van der Waals surface area contributed by atoms with Crippen molar-refractivity contribution in [2.75, 3.05) is 26.2 Å². The first-order valence-electron chi connectivity index (χ1n) is 12.9. The van der Waals surface area contributed by atoms with Crippen LogP contribution in [-0.2, 0) is 26.6 Å². The van der Waals surface area contributed by atoms with Crippen molar-refractivity contribution < 1.29 is 45.7 Å². The van der Waals surface area contributed by atoms with Gasteiger partial charge < -0.3 is 19.5 Å². The van der Waals surface area contributed by atoms with Crippen LogP contribution in [0, 0.1) is 11.8 Å². The van der Waals surface area contributed by atoms with Gasteiger partial charge in [-0.25, -0.2) is 0 Å². The van der Waals surface area contributed by atoms with E-state index in [1.165, 1.54) is 6.92 Å². The van der Waals surface area contributed by atoms with Crippen molar-refractivity contribution in [1.82, 2.24) is 4.90 Å². The van der Waals surface area contributed by atoms with Gasteiger partial charge in [-0.15, -0.1) is 0 Å². The molecule has 0 aromatic heterocycles. The van der Waals surface area contributed by atoms with E-state index in [1.807, 2.05) is 30.3 Å². The van der Waals surface area contributed by atoms with Crippen molar-refractivity contribution >= 4 is 5.97 Å². The Kier molecular flexibility index (Phi) is 8.92. The number of hydrogen-bond donors (Lipinski definition) is 1. The summed E-state index contributed by atoms with van der Waals surface area (Å²) in [5.41, 5.74) is -2.14. The highest BCUT2D eigenvalue weighted by atomic mass is 19.4. The van der Waals surface area contributed by atoms with Crippen LogP contribution in [0.3, 0.4) is 0 Å². The third-order valence-corrected chi connectivity index (χ3v) is 7.60. The molecule has 0 amide bonds. The minimum Gasteiger partial charge on any atom is -0.481 e. The summed E-state index contributed by atoms with van der Waals surface area (Å²) in [7, 11) is 0. The molecular formula is C28H31F6NO4. The molecule has 2 saturated heterocycles. The molecule has 1 N–H and O–H groups in total. The second kappa shape index (κ2) is 11.9. The monoisotopic (exact) mass is 559 g/mol. The van der Waals surface area contributed by atoms with Gasteiger partial charge in [-0.2, -0.15) is 26.3 Å². The van der Waals surface area contributed by atoms with Crippen LogP contribution in [0.1, 0.15) is 60.5 Å². The van der Waals surface area contributed by atoms with Crippen molar-refractivity contribution in [1.29, 1.82) is 0 Å². The minimum absolute atomic E-state index is 0.0203. The first kappa shape index (κ1) is 29.4. The molecular weight excluding hydrogens is 528 g/mol. The molecule has 4 unspecified atom stereocenters. The fourth-order valence-electron chi connectivity index (χ4n) is 5.46. The van der Waals surface area contributed by atoms with E-state index in [0.29, 0.717) is 57.6 Å². The number of ether oxygens (including phenoxy) is 2. The molecule has 4 atom stereocenters. The average Bonchev–Trinajstić information content (AvgIpc) is 2.88. The SMILES string of the molecule is CC(OC1OCCC(CN2CCC(C(=O)O)CC2)C1c1ccccc1)c1cc(C(F)(F)F)cc(C(F)(F)F)c1. The lowest BCUT2D eigenvalue weighted by molar-refractivity contribution is -0.210. The third-order valence-electron chi connectivity index (χ3n) is 7.60. The van der Waals surface area contributed by atoms with Gasteiger partial charge in [-0.3, -0.25) is 4.79 Å². The normalized spacial score (nSPS) is 24.4. The van der Waals surface area contributed by atoms with Gasteiger partial charge in [0.25, 0.3) is 0 Å². The topological polar surface area (TPSA) is 59.0 Å². The van der Waals surface area contributed by atoms with Gasteiger partial charge in [0.1, 0.15) is 0 Å². The van der Waals surface area contributed by atoms with Crippen molar-refractivity contribution in [3.63, 3.8) is 0 Å². The molecule has 0 saturated carbocycles. The molecule has 5 nitrogen and oxygen atoms in total. The van der Waals surface area contributed by atoms with Crippen LogP contribution < -0.4 is 0 Å². The first-order chi connectivity index (χ1) is 18.3. The van der Waals surface area contributed by atoms with E-state index < -0.39 is 41.8 Å². The van der Waals surface area contributed by atoms with Crippen LogP contribution in [0.4, 0.5) is 26.3 Å². The van der Waals surface area contributed by atoms with Crippen molar-refractivity contribution in [2.24, 2.45) is 11.8 Å². The van der Waals surface area contributed by atoms with E-state index in [0.717, 1.165) is 5.56 Å². The maximum atomic E-state index is 13.4. The number of hydrogen-bond acceptors (Lipinski definition) is 4. The van der Waals surface area contributed by atoms with E-state index in [2.05, 4.69) is 4.90 Å². The molecule has 0 radical (unpaired) electrons. The van der Waals surface area contributed by atoms with E-state index >= 15 is 0 Å². The molecule has 4 rings (SSSR count). The Labute approximate surface area is 222 Å². The highest BCUT2D eigenvalue weighted by Gasteiger charge is 2.40. The molecule has 2 heterocycles. The number of carbonyl (C=O) groups is 1. The summed E-state index contributed by atoms with van der Waals surface area (Å²) in [5.74, 6) is -1.47. The molecule has 0 aliphatic carbocycles. The lowest BCUT2D eigenvalue weighted by Gasteiger charge is -2.42. The van der Waals surface area contributed by atoms with E-state index in [4.69, 9.17) is 9.47 Å². The molecule has 2 aliphatic heterocycles. The molecule has 0 bridgehead atoms. The molecule has 39 heavy (non-hydrogen) atoms. The Hall–Kier alpha value is -2.63. The number of nitrogens with zero attached hydrogens (tertiary/aromatic N) is 1. The fourth-order valence-corrected chi connectivity index (χ4v) is 5.46. The molecule has 2 aliphatic rings. The number of alkyl halides is 6. The van der Waals surface area contributed by atoms with Crippen LogP contribution in [0.5, 0.6) is 0 Å². The maximum Gasteiger partial charge on any atom is 0.416 e. The zero-order valence-corrected chi connectivity index (χ0v) is 21.3. The lowest BCUT2D eigenvalue weighted by atomic mass is 9.81. The Bertz CT molecular complexity index is 1080. The van der Waals surface area contributed by atoms with Gasteiger partial charge >= 0.3 is 18.3 Å². The largest absolute Gasteiger partial charge is 0.481 e. The number of rotatable bonds is 7. The molecule has 2 fully saturated rings. The zero-order valence-electron chi connectivity index (χ0n) is 21.3. The third kappa shape index (κ3) is 7.32. The molecule has 214 valence electrons. The van der Waals surface area contributed by atoms with Gasteiger partial charge in [0.05, 0.1) is 29.8 Å². The zero-order chi connectivity index (χ0) is 28.4. The number of halogens is 6. The standard InChI is InChI=1S/C28H31F6NO4/c1-17(21-13-22(27(29,30)31)15-23(14-21)28(32,33)34)39-26-24(18-5-3-2-4-6-18)20(9-12-38-26)16-35-10-7-19(8-11-35)25(36)37/h2-6,13-15,17,19-20,24,26H,7-12,16H2,1H3,(H,36,37). The van der Waals surface area contributed by atoms with Crippen molar-refractivity contribution in [2.45, 2.75) is 56.9 Å². The summed E-state index contributed by atoms with van der Waals surface area (Å²) in [6, 6.07) is 10.8. The van der Waals surface area contributed by atoms with E-state index in [1.54, 1.807) is 0 Å². The Morgan fingerprint density at radius 1 is 1.00 bits per heavy atom. The van der Waals surface area contributed by atoms with Gasteiger partial charge in [0.2, 0.25) is 0 Å². The summed E-state index contributed by atoms with van der Waals surface area (Å²) < 4.78 is 92.5. The van der Waals surface area contributed by atoms with Gasteiger partial charge in [0.15, 0.2) is 6.29 Å². The highest BCUT2D eigenvalue weighted by Crippen LogP contribution is 2.42. The summed E-state index contributed by atoms with van der Waals surface area (Å²) in [5, 5.41) is 9.30. The van der Waals surface area contributed by atoms with Crippen LogP contribution >= 0.6 is 0 Å². The first-order valence-corrected chi connectivity index (χ1v) is 12.9. The van der Waals surface area contributed by atoms with Crippen LogP contribution in [0.2, 0.25) is 0 Å². The van der Waals surface area contributed by atoms with Gasteiger partial charge in [-0.1, -0.05) is 30.3 Å². The Morgan fingerprint density at radius 2 is 1.59 bits per heavy atom. The van der Waals surface area contributed by atoms with E-state index in [9.17, 15) is 36.2 Å². The smallest absolute Gasteiger partial charge is 0.416 e. The quantitative estimate of drug-likeness (QED) is 0.381. The van der Waals surface area contributed by atoms with Crippen LogP contribution in [0.15, 0.2) is 48.5 Å². The number of likely N-dealkylation sites (tertiary alicyclic amines) is 1. The summed E-state index contributed by atoms with van der Waals surface area (Å²) >= 11 is 0. The molecule has 0 spiro atoms. The summed E-state index contributed by atoms with van der Waals surface area (Å²) in [6.07, 6.45) is -10.2. The lowest BCUT2D eigenvalue weighted by Crippen LogP contribution is -2.45. The van der Waals surface area contributed by atoms with Crippen LogP contribution in [0.25, 0.3) is 0 Å². The Morgan fingerprint density at radius 3 is 2.13 bits per heavy atom. The fraction of sp³-hybridized carbons (Fsp3) is 0.536. The number of carboxylic acid groups (broad SMARTS) is 1. The second-order valence-electron chi connectivity index (χ2n) is 10.3. The average molecular weight is 560 g/mol. The summed E-state index contributed by atoms with van der Waals surface area (Å²) in [4.78, 5) is 13.5. The predicted molar refractivity (Wildman–Crippen MR) is 130 cm³/mol. The predicted octanol–water partition coefficient (Wildman–Crippen LogP) is 6.74. The second-order valence-corrected chi connectivity index (χ2v) is 10.3. The van der Waals surface area contributed by atoms with Gasteiger partial charge in [0, 0.05) is 12.5 Å². The number of aliphatic carboxylic acids is 1. The Balaban J connectivity index is 1.57.